The Kier molecular flexibility index (Phi) is 3.60. The molecular formula is C20H16BrNO4. The van der Waals surface area contributed by atoms with Crippen LogP contribution in [0, 0.1) is 10.1 Å². The molecule has 0 saturated carbocycles. The van der Waals surface area contributed by atoms with Crippen LogP contribution in [-0.4, -0.2) is 17.8 Å². The second-order valence-corrected chi connectivity index (χ2v) is 8.00. The number of fused-ring (bicyclic) bond motifs is 3. The molecule has 132 valence electrons. The number of ether oxygens (including phenoxy) is 1. The van der Waals surface area contributed by atoms with Crippen LogP contribution in [0.3, 0.4) is 0 Å². The van der Waals surface area contributed by atoms with Gasteiger partial charge in [0.25, 0.3) is 0 Å². The monoisotopic (exact) mass is 413 g/mol. The van der Waals surface area contributed by atoms with E-state index in [0.29, 0.717) is 23.1 Å². The van der Waals surface area contributed by atoms with Crippen LogP contribution in [0.15, 0.2) is 40.4 Å². The Morgan fingerprint density at radius 2 is 1.88 bits per heavy atom. The van der Waals surface area contributed by atoms with E-state index in [-0.39, 0.29) is 17.2 Å². The molecule has 0 aliphatic heterocycles. The van der Waals surface area contributed by atoms with Gasteiger partial charge in [-0.25, -0.2) is 0 Å². The molecule has 0 aromatic heterocycles. The van der Waals surface area contributed by atoms with Crippen molar-refractivity contribution < 1.29 is 14.5 Å². The van der Waals surface area contributed by atoms with Gasteiger partial charge in [0, 0.05) is 21.0 Å². The molecule has 0 atom stereocenters. The van der Waals surface area contributed by atoms with Crippen LogP contribution in [0.1, 0.15) is 40.9 Å². The summed E-state index contributed by atoms with van der Waals surface area (Å²) in [5, 5.41) is 11.8. The van der Waals surface area contributed by atoms with Crippen molar-refractivity contribution in [1.82, 2.24) is 0 Å². The third-order valence-corrected chi connectivity index (χ3v) is 5.89. The molecule has 0 N–H and O–H groups in total. The second-order valence-electron chi connectivity index (χ2n) is 7.08. The third-order valence-electron chi connectivity index (χ3n) is 5.40. The minimum Gasteiger partial charge on any atom is -0.490 e. The normalized spacial score (nSPS) is 16.8. The molecule has 0 unspecified atom stereocenters. The lowest BCUT2D eigenvalue weighted by atomic mass is 9.67. The summed E-state index contributed by atoms with van der Waals surface area (Å²) in [6.07, 6.45) is 0.608. The van der Waals surface area contributed by atoms with Gasteiger partial charge in [0.1, 0.15) is 0 Å². The summed E-state index contributed by atoms with van der Waals surface area (Å²) >= 11 is 3.48. The number of halogens is 1. The minimum atomic E-state index is -0.652. The van der Waals surface area contributed by atoms with E-state index in [1.165, 1.54) is 13.2 Å². The number of hydrogen-bond acceptors (Lipinski definition) is 4. The molecule has 4 rings (SSSR count). The molecule has 0 amide bonds. The molecule has 2 aliphatic carbocycles. The van der Waals surface area contributed by atoms with E-state index in [4.69, 9.17) is 4.74 Å². The number of rotatable bonds is 2. The maximum atomic E-state index is 13.3. The molecule has 2 aromatic rings. The fourth-order valence-corrected chi connectivity index (χ4v) is 4.62. The number of Topliss-reactive ketones (excluding diaryl/α,β-unsaturated/α-hetero) is 1. The van der Waals surface area contributed by atoms with E-state index in [0.717, 1.165) is 21.2 Å². The summed E-state index contributed by atoms with van der Waals surface area (Å²) in [4.78, 5) is 24.6. The van der Waals surface area contributed by atoms with Crippen molar-refractivity contribution in [2.24, 2.45) is 0 Å². The van der Waals surface area contributed by atoms with Crippen molar-refractivity contribution in [3.8, 4) is 5.75 Å². The van der Waals surface area contributed by atoms with Gasteiger partial charge in [0.2, 0.25) is 0 Å². The van der Waals surface area contributed by atoms with E-state index >= 15 is 0 Å². The number of carbonyl (C=O) groups excluding carboxylic acids is 1. The molecule has 0 spiro atoms. The topological polar surface area (TPSA) is 69.4 Å². The van der Waals surface area contributed by atoms with Crippen molar-refractivity contribution in [1.29, 1.82) is 0 Å². The van der Waals surface area contributed by atoms with Gasteiger partial charge in [-0.2, -0.15) is 0 Å². The predicted molar refractivity (Wildman–Crippen MR) is 102 cm³/mol. The number of allylic oxidation sites excluding steroid dienone is 2. The van der Waals surface area contributed by atoms with Gasteiger partial charge in [-0.3, -0.25) is 14.9 Å². The molecule has 5 nitrogen and oxygen atoms in total. The Balaban J connectivity index is 2.03. The average molecular weight is 414 g/mol. The Labute approximate surface area is 159 Å². The minimum absolute atomic E-state index is 0.118. The largest absolute Gasteiger partial charge is 0.490 e. The van der Waals surface area contributed by atoms with Gasteiger partial charge in [-0.1, -0.05) is 35.8 Å². The van der Waals surface area contributed by atoms with E-state index < -0.39 is 10.3 Å². The molecule has 0 heterocycles. The van der Waals surface area contributed by atoms with Crippen molar-refractivity contribution in [2.75, 3.05) is 7.11 Å². The third kappa shape index (κ3) is 2.11. The number of hydrogen-bond donors (Lipinski definition) is 0. The zero-order valence-electron chi connectivity index (χ0n) is 14.6. The van der Waals surface area contributed by atoms with Gasteiger partial charge in [0.15, 0.2) is 11.5 Å². The van der Waals surface area contributed by atoms with Crippen LogP contribution >= 0.6 is 15.9 Å². The van der Waals surface area contributed by atoms with E-state index in [1.54, 1.807) is 6.07 Å². The Bertz CT molecular complexity index is 1040. The molecule has 0 fully saturated rings. The Morgan fingerprint density at radius 1 is 1.19 bits per heavy atom. The van der Waals surface area contributed by atoms with Gasteiger partial charge < -0.3 is 4.74 Å². The lowest BCUT2D eigenvalue weighted by Gasteiger charge is -2.34. The van der Waals surface area contributed by atoms with Crippen LogP contribution in [0.2, 0.25) is 0 Å². The molecule has 0 bridgehead atoms. The smallest absolute Gasteiger partial charge is 0.315 e. The van der Waals surface area contributed by atoms with Crippen LogP contribution in [0.4, 0.5) is 5.69 Å². The Morgan fingerprint density at radius 3 is 2.54 bits per heavy atom. The van der Waals surface area contributed by atoms with Gasteiger partial charge in [-0.15, -0.1) is 0 Å². The molecule has 0 radical (unpaired) electrons. The molecule has 26 heavy (non-hydrogen) atoms. The van der Waals surface area contributed by atoms with Crippen LogP contribution in [0.25, 0.3) is 5.57 Å². The highest BCUT2D eigenvalue weighted by atomic mass is 79.9. The molecule has 6 heteroatoms. The maximum Gasteiger partial charge on any atom is 0.315 e. The van der Waals surface area contributed by atoms with E-state index in [1.807, 2.05) is 32.0 Å². The first kappa shape index (κ1) is 17.0. The molecule has 0 saturated heterocycles. The standard InChI is InChI=1S/C20H16BrNO4/c1-20(2)14-9-10-8-11(21)4-5-12(10)16(14)19(23)13-6-7-15(26-3)18(17(13)20)22(24)25/h4-8H,9H2,1-3H3. The maximum absolute atomic E-state index is 13.3. The summed E-state index contributed by atoms with van der Waals surface area (Å²) in [5.74, 6) is 0.0260. The first-order valence-corrected chi connectivity index (χ1v) is 8.99. The summed E-state index contributed by atoms with van der Waals surface area (Å²) in [7, 11) is 1.40. The van der Waals surface area contributed by atoms with Crippen LogP contribution in [0.5, 0.6) is 5.75 Å². The second kappa shape index (κ2) is 5.51. The number of carbonyl (C=O) groups is 1. The van der Waals surface area contributed by atoms with Crippen LogP contribution in [-0.2, 0) is 11.8 Å². The SMILES string of the molecule is COc1ccc2c(c1[N+](=O)[O-])C(C)(C)C1=C(C2=O)c2ccc(Br)cc2C1. The molecule has 2 aromatic carbocycles. The summed E-state index contributed by atoms with van der Waals surface area (Å²) in [6, 6.07) is 9.02. The quantitative estimate of drug-likeness (QED) is 0.521. The van der Waals surface area contributed by atoms with Gasteiger partial charge in [0.05, 0.1) is 17.6 Å². The summed E-state index contributed by atoms with van der Waals surface area (Å²) in [6.45, 7) is 3.89. The van der Waals surface area contributed by atoms with Crippen LogP contribution < -0.4 is 4.74 Å². The molecule has 2 aliphatic rings. The number of ketones is 1. The highest BCUT2D eigenvalue weighted by Gasteiger charge is 2.47. The first-order valence-electron chi connectivity index (χ1n) is 8.20. The van der Waals surface area contributed by atoms with Crippen molar-refractivity contribution in [3.63, 3.8) is 0 Å². The zero-order valence-corrected chi connectivity index (χ0v) is 16.1. The number of benzene rings is 2. The lowest BCUT2D eigenvalue weighted by Crippen LogP contribution is -2.31. The van der Waals surface area contributed by atoms with E-state index in [9.17, 15) is 14.9 Å². The number of methoxy groups -OCH3 is 1. The summed E-state index contributed by atoms with van der Waals surface area (Å²) < 4.78 is 6.17. The number of nitro groups is 1. The number of nitro benzene ring substituents is 1. The first-order chi connectivity index (χ1) is 12.3. The zero-order chi connectivity index (χ0) is 18.8. The van der Waals surface area contributed by atoms with Crippen molar-refractivity contribution in [3.05, 3.63) is 72.7 Å². The average Bonchev–Trinajstić information content (AvgIpc) is 2.98. The van der Waals surface area contributed by atoms with Gasteiger partial charge >= 0.3 is 5.69 Å². The number of nitrogens with zero attached hydrogens (tertiary/aromatic N) is 1. The fraction of sp³-hybridized carbons (Fsp3) is 0.250. The lowest BCUT2D eigenvalue weighted by molar-refractivity contribution is -0.386. The molecular weight excluding hydrogens is 398 g/mol. The predicted octanol–water partition coefficient (Wildman–Crippen LogP) is 4.85. The highest BCUT2D eigenvalue weighted by Crippen LogP contribution is 2.53. The Hall–Kier alpha value is -2.47. The highest BCUT2D eigenvalue weighted by molar-refractivity contribution is 9.10. The van der Waals surface area contributed by atoms with Crippen molar-refractivity contribution in [2.45, 2.75) is 25.7 Å². The van der Waals surface area contributed by atoms with Crippen molar-refractivity contribution >= 4 is 33.0 Å². The van der Waals surface area contributed by atoms with Gasteiger partial charge in [-0.05, 0) is 47.4 Å². The summed E-state index contributed by atoms with van der Waals surface area (Å²) in [5.41, 5.74) is 3.66. The van der Waals surface area contributed by atoms with E-state index in [2.05, 4.69) is 15.9 Å². The fourth-order valence-electron chi connectivity index (χ4n) is 4.21.